The Bertz CT molecular complexity index is 659. The molecule has 0 radical (unpaired) electrons. The number of hydrogen-bond donors (Lipinski definition) is 1. The molecule has 0 aromatic heterocycles. The summed E-state index contributed by atoms with van der Waals surface area (Å²) < 4.78 is 5.99. The van der Waals surface area contributed by atoms with E-state index in [9.17, 15) is 5.11 Å². The van der Waals surface area contributed by atoms with Crippen molar-refractivity contribution in [1.82, 2.24) is 0 Å². The van der Waals surface area contributed by atoms with Crippen molar-refractivity contribution >= 4 is 10.8 Å². The lowest BCUT2D eigenvalue weighted by Crippen LogP contribution is -2.30. The van der Waals surface area contributed by atoms with Crippen LogP contribution in [0.25, 0.3) is 10.8 Å². The van der Waals surface area contributed by atoms with Crippen LogP contribution in [-0.2, 0) is 4.74 Å². The molecule has 0 saturated carbocycles. The van der Waals surface area contributed by atoms with Gasteiger partial charge in [-0.25, -0.2) is 0 Å². The van der Waals surface area contributed by atoms with Gasteiger partial charge in [0.1, 0.15) is 0 Å². The van der Waals surface area contributed by atoms with Crippen LogP contribution >= 0.6 is 0 Å². The summed E-state index contributed by atoms with van der Waals surface area (Å²) in [5, 5.41) is 12.1. The lowest BCUT2D eigenvalue weighted by molar-refractivity contribution is 0.0296. The number of rotatable bonds is 3. The van der Waals surface area contributed by atoms with Crippen LogP contribution in [0.15, 0.2) is 54.1 Å². The first-order chi connectivity index (χ1) is 10.2. The summed E-state index contributed by atoms with van der Waals surface area (Å²) in [6.07, 6.45) is 2.14. The van der Waals surface area contributed by atoms with Gasteiger partial charge in [0.05, 0.1) is 19.3 Å². The van der Waals surface area contributed by atoms with E-state index in [1.165, 1.54) is 16.3 Å². The van der Waals surface area contributed by atoms with E-state index in [2.05, 4.69) is 62.4 Å². The molecule has 0 aliphatic carbocycles. The maximum Gasteiger partial charge on any atom is 0.0873 e. The van der Waals surface area contributed by atoms with Gasteiger partial charge in [0, 0.05) is 5.92 Å². The number of benzene rings is 2. The zero-order chi connectivity index (χ0) is 14.8. The smallest absolute Gasteiger partial charge is 0.0873 e. The van der Waals surface area contributed by atoms with Crippen LogP contribution in [0.4, 0.5) is 0 Å². The zero-order valence-electron chi connectivity index (χ0n) is 12.6. The average molecular weight is 282 g/mol. The third-order valence-corrected chi connectivity index (χ3v) is 4.34. The Kier molecular flexibility index (Phi) is 4.09. The van der Waals surface area contributed by atoms with Crippen LogP contribution in [-0.4, -0.2) is 24.4 Å². The van der Waals surface area contributed by atoms with Gasteiger partial charge >= 0.3 is 0 Å². The summed E-state index contributed by atoms with van der Waals surface area (Å²) >= 11 is 0. The molecule has 110 valence electrons. The highest BCUT2D eigenvalue weighted by atomic mass is 16.5. The van der Waals surface area contributed by atoms with Gasteiger partial charge in [0.15, 0.2) is 0 Å². The molecule has 1 aliphatic rings. The topological polar surface area (TPSA) is 29.5 Å². The first kappa shape index (κ1) is 14.3. The molecule has 3 rings (SSSR count). The molecule has 2 aromatic carbocycles. The second kappa shape index (κ2) is 6.00. The molecule has 0 fully saturated rings. The van der Waals surface area contributed by atoms with Crippen LogP contribution in [0.5, 0.6) is 0 Å². The van der Waals surface area contributed by atoms with E-state index in [1.54, 1.807) is 0 Å². The molecule has 0 spiro atoms. The van der Waals surface area contributed by atoms with E-state index in [0.29, 0.717) is 5.92 Å². The molecule has 21 heavy (non-hydrogen) atoms. The van der Waals surface area contributed by atoms with Crippen molar-refractivity contribution in [1.29, 1.82) is 0 Å². The van der Waals surface area contributed by atoms with Gasteiger partial charge in [-0.05, 0) is 27.8 Å². The Balaban J connectivity index is 1.92. The summed E-state index contributed by atoms with van der Waals surface area (Å²) in [5.74, 6) is 0.618. The minimum absolute atomic E-state index is 0.0210. The first-order valence-corrected chi connectivity index (χ1v) is 7.61. The predicted octanol–water partition coefficient (Wildman–Crippen LogP) is 3.90. The van der Waals surface area contributed by atoms with Crippen molar-refractivity contribution in [2.75, 3.05) is 13.2 Å². The Morgan fingerprint density at radius 3 is 2.71 bits per heavy atom. The fourth-order valence-electron chi connectivity index (χ4n) is 3.14. The van der Waals surface area contributed by atoms with Crippen LogP contribution < -0.4 is 0 Å². The van der Waals surface area contributed by atoms with Gasteiger partial charge in [-0.1, -0.05) is 62.4 Å². The second-order valence-electron chi connectivity index (χ2n) is 6.03. The Hall–Kier alpha value is -1.64. The summed E-state index contributed by atoms with van der Waals surface area (Å²) in [7, 11) is 0. The molecule has 2 aromatic rings. The number of fused-ring (bicyclic) bond motifs is 1. The number of aliphatic hydroxyl groups is 1. The minimum Gasteiger partial charge on any atom is -0.392 e. The molecule has 2 heteroatoms. The Labute approximate surface area is 126 Å². The summed E-state index contributed by atoms with van der Waals surface area (Å²) in [5.41, 5.74) is 2.27. The van der Waals surface area contributed by atoms with E-state index in [0.717, 1.165) is 12.2 Å². The SMILES string of the molecule is CC1C=C(CO)C(C(C)c2ccc3ccccc3c2)OC1. The van der Waals surface area contributed by atoms with Gasteiger partial charge in [-0.3, -0.25) is 0 Å². The van der Waals surface area contributed by atoms with Gasteiger partial charge in [0.2, 0.25) is 0 Å². The van der Waals surface area contributed by atoms with Crippen LogP contribution in [0, 0.1) is 5.92 Å². The van der Waals surface area contributed by atoms with E-state index >= 15 is 0 Å². The van der Waals surface area contributed by atoms with Gasteiger partial charge in [0.25, 0.3) is 0 Å². The Morgan fingerprint density at radius 2 is 1.95 bits per heavy atom. The molecule has 1 heterocycles. The molecule has 1 aliphatic heterocycles. The van der Waals surface area contributed by atoms with E-state index in [4.69, 9.17) is 4.74 Å². The van der Waals surface area contributed by atoms with Gasteiger partial charge < -0.3 is 9.84 Å². The molecule has 0 bridgehead atoms. The highest BCUT2D eigenvalue weighted by Crippen LogP contribution is 2.31. The predicted molar refractivity (Wildman–Crippen MR) is 86.4 cm³/mol. The molecule has 3 atom stereocenters. The van der Waals surface area contributed by atoms with Gasteiger partial charge in [-0.2, -0.15) is 0 Å². The quantitative estimate of drug-likeness (QED) is 0.865. The maximum atomic E-state index is 9.60. The van der Waals surface area contributed by atoms with E-state index in [1.807, 2.05) is 0 Å². The van der Waals surface area contributed by atoms with Crippen molar-refractivity contribution in [3.8, 4) is 0 Å². The third kappa shape index (κ3) is 2.87. The monoisotopic (exact) mass is 282 g/mol. The third-order valence-electron chi connectivity index (χ3n) is 4.34. The van der Waals surface area contributed by atoms with Gasteiger partial charge in [-0.15, -0.1) is 0 Å². The normalized spacial score (nSPS) is 23.9. The molecule has 3 unspecified atom stereocenters. The van der Waals surface area contributed by atoms with Crippen LogP contribution in [0.3, 0.4) is 0 Å². The number of ether oxygens (including phenoxy) is 1. The van der Waals surface area contributed by atoms with E-state index in [-0.39, 0.29) is 18.6 Å². The van der Waals surface area contributed by atoms with Crippen LogP contribution in [0.1, 0.15) is 25.3 Å². The van der Waals surface area contributed by atoms with Crippen molar-refractivity contribution < 1.29 is 9.84 Å². The van der Waals surface area contributed by atoms with Crippen molar-refractivity contribution in [2.45, 2.75) is 25.9 Å². The van der Waals surface area contributed by atoms with Crippen molar-refractivity contribution in [3.63, 3.8) is 0 Å². The summed E-state index contributed by atoms with van der Waals surface area (Å²) in [6, 6.07) is 15.0. The molecular weight excluding hydrogens is 260 g/mol. The number of hydrogen-bond acceptors (Lipinski definition) is 2. The standard InChI is InChI=1S/C19H22O2/c1-13-9-18(11-20)19(21-12-13)14(2)16-8-7-15-5-3-4-6-17(15)10-16/h3-10,13-14,19-20H,11-12H2,1-2H3. The fourth-order valence-corrected chi connectivity index (χ4v) is 3.14. The molecule has 1 N–H and O–H groups in total. The summed E-state index contributed by atoms with van der Waals surface area (Å²) in [4.78, 5) is 0. The number of aliphatic hydroxyl groups excluding tert-OH is 1. The molecule has 2 nitrogen and oxygen atoms in total. The lowest BCUT2D eigenvalue weighted by Gasteiger charge is -2.32. The highest BCUT2D eigenvalue weighted by molar-refractivity contribution is 5.83. The van der Waals surface area contributed by atoms with Crippen molar-refractivity contribution in [3.05, 3.63) is 59.7 Å². The summed E-state index contributed by atoms with van der Waals surface area (Å²) in [6.45, 7) is 5.10. The molecule has 0 saturated heterocycles. The first-order valence-electron chi connectivity index (χ1n) is 7.61. The van der Waals surface area contributed by atoms with Crippen LogP contribution in [0.2, 0.25) is 0 Å². The highest BCUT2D eigenvalue weighted by Gasteiger charge is 2.27. The second-order valence-corrected chi connectivity index (χ2v) is 6.03. The largest absolute Gasteiger partial charge is 0.392 e. The fraction of sp³-hybridized carbons (Fsp3) is 0.368. The molecule has 0 amide bonds. The maximum absolute atomic E-state index is 9.60. The lowest BCUT2D eigenvalue weighted by atomic mass is 9.87. The minimum atomic E-state index is -0.0210. The average Bonchev–Trinajstić information content (AvgIpc) is 2.53. The van der Waals surface area contributed by atoms with Crippen molar-refractivity contribution in [2.24, 2.45) is 5.92 Å². The van der Waals surface area contributed by atoms with E-state index < -0.39 is 0 Å². The zero-order valence-corrected chi connectivity index (χ0v) is 12.6. The molecular formula is C19H22O2. The Morgan fingerprint density at radius 1 is 1.19 bits per heavy atom.